The number of carboxylic acids is 2. The van der Waals surface area contributed by atoms with E-state index < -0.39 is 66.9 Å². The van der Waals surface area contributed by atoms with Gasteiger partial charge in [0, 0.05) is 24.7 Å². The van der Waals surface area contributed by atoms with Gasteiger partial charge in [-0.2, -0.15) is 0 Å². The maximum absolute atomic E-state index is 12.3. The van der Waals surface area contributed by atoms with Crippen LogP contribution in [0, 0.1) is 0 Å². The summed E-state index contributed by atoms with van der Waals surface area (Å²) in [7, 11) is 0. The second-order valence-corrected chi connectivity index (χ2v) is 6.72. The zero-order valence-corrected chi connectivity index (χ0v) is 16.7. The Morgan fingerprint density at radius 2 is 1.84 bits per heavy atom. The summed E-state index contributed by atoms with van der Waals surface area (Å²) < 4.78 is 0. The van der Waals surface area contributed by atoms with Crippen LogP contribution in [0.5, 0.6) is 0 Å². The van der Waals surface area contributed by atoms with E-state index in [9.17, 15) is 29.1 Å². The summed E-state index contributed by atoms with van der Waals surface area (Å²) in [6.45, 7) is 0.643. The van der Waals surface area contributed by atoms with Crippen LogP contribution in [0.2, 0.25) is 0 Å². The van der Waals surface area contributed by atoms with E-state index in [0.29, 0.717) is 5.69 Å². The molecule has 1 rings (SSSR count). The molecule has 14 nitrogen and oxygen atoms in total. The van der Waals surface area contributed by atoms with Crippen molar-refractivity contribution >= 4 is 29.7 Å². The Bertz CT molecular complexity index is 782. The van der Waals surface area contributed by atoms with Crippen LogP contribution in [0.3, 0.4) is 0 Å². The van der Waals surface area contributed by atoms with Gasteiger partial charge in [0.2, 0.25) is 17.7 Å². The summed E-state index contributed by atoms with van der Waals surface area (Å²) in [6, 6.07) is -4.02. The summed E-state index contributed by atoms with van der Waals surface area (Å²) >= 11 is 0. The maximum Gasteiger partial charge on any atom is 0.326 e. The van der Waals surface area contributed by atoms with E-state index in [1.807, 2.05) is 0 Å². The monoisotopic (exact) mass is 442 g/mol. The molecule has 0 bridgehead atoms. The predicted molar refractivity (Wildman–Crippen MR) is 103 cm³/mol. The van der Waals surface area contributed by atoms with Gasteiger partial charge in [0.15, 0.2) is 0 Å². The Kier molecular flexibility index (Phi) is 10.1. The lowest BCUT2D eigenvalue weighted by atomic mass is 10.1. The lowest BCUT2D eigenvalue weighted by Crippen LogP contribution is -2.57. The number of H-pyrrole nitrogens is 1. The molecule has 0 spiro atoms. The van der Waals surface area contributed by atoms with Gasteiger partial charge in [-0.05, 0) is 13.3 Å². The molecule has 1 aromatic rings. The largest absolute Gasteiger partial charge is 0.481 e. The summed E-state index contributed by atoms with van der Waals surface area (Å²) in [5.41, 5.74) is 6.35. The van der Waals surface area contributed by atoms with Gasteiger partial charge in [-0.3, -0.25) is 19.2 Å². The Hall–Kier alpha value is -3.52. The van der Waals surface area contributed by atoms with Gasteiger partial charge < -0.3 is 42.0 Å². The number of aliphatic hydroxyl groups is 1. The van der Waals surface area contributed by atoms with Crippen molar-refractivity contribution in [3.63, 3.8) is 0 Å². The number of rotatable bonds is 13. The highest BCUT2D eigenvalue weighted by Gasteiger charge is 2.30. The Morgan fingerprint density at radius 1 is 1.16 bits per heavy atom. The minimum Gasteiger partial charge on any atom is -0.481 e. The van der Waals surface area contributed by atoms with Gasteiger partial charge in [0.25, 0.3) is 0 Å². The summed E-state index contributed by atoms with van der Waals surface area (Å²) in [5.74, 6) is -5.21. The van der Waals surface area contributed by atoms with Crippen LogP contribution < -0.4 is 21.7 Å². The molecule has 3 amide bonds. The van der Waals surface area contributed by atoms with E-state index in [1.54, 1.807) is 0 Å². The zero-order chi connectivity index (χ0) is 23.6. The highest BCUT2D eigenvalue weighted by atomic mass is 16.4. The number of amides is 3. The molecule has 0 aliphatic rings. The number of carboxylic acid groups (broad SMARTS) is 2. The Labute approximate surface area is 176 Å². The van der Waals surface area contributed by atoms with E-state index in [4.69, 9.17) is 15.9 Å². The molecule has 0 fully saturated rings. The Morgan fingerprint density at radius 3 is 2.35 bits per heavy atom. The fourth-order valence-electron chi connectivity index (χ4n) is 2.44. The van der Waals surface area contributed by atoms with E-state index in [0.717, 1.165) is 0 Å². The molecule has 14 heteroatoms. The van der Waals surface area contributed by atoms with Gasteiger partial charge in [-0.1, -0.05) is 0 Å². The third-order valence-electron chi connectivity index (χ3n) is 4.10. The highest BCUT2D eigenvalue weighted by Crippen LogP contribution is 2.01. The van der Waals surface area contributed by atoms with Crippen molar-refractivity contribution in [2.45, 2.75) is 50.4 Å². The lowest BCUT2D eigenvalue weighted by Gasteiger charge is -2.23. The number of nitrogens with one attached hydrogen (secondary N) is 4. The van der Waals surface area contributed by atoms with Crippen LogP contribution >= 0.6 is 0 Å². The Balaban J connectivity index is 2.58. The predicted octanol–water partition coefficient (Wildman–Crippen LogP) is -3.30. The number of hydrogen-bond donors (Lipinski definition) is 8. The van der Waals surface area contributed by atoms with Gasteiger partial charge in [-0.25, -0.2) is 9.78 Å². The molecule has 4 unspecified atom stereocenters. The second-order valence-electron chi connectivity index (χ2n) is 6.72. The second kappa shape index (κ2) is 12.2. The van der Waals surface area contributed by atoms with Crippen LogP contribution in [-0.4, -0.2) is 85.7 Å². The number of aromatic nitrogens is 2. The van der Waals surface area contributed by atoms with Crippen molar-refractivity contribution < 1.29 is 39.3 Å². The SMILES string of the molecule is CC(O)C(NC(=O)CNC(=O)C(N)Cc1cnc[nH]1)C(=O)NC(CCC(=O)O)C(=O)O. The van der Waals surface area contributed by atoms with E-state index in [2.05, 4.69) is 25.9 Å². The molecular formula is C17H26N6O8. The van der Waals surface area contributed by atoms with Crippen molar-refractivity contribution in [1.29, 1.82) is 0 Å². The fraction of sp³-hybridized carbons (Fsp3) is 0.529. The van der Waals surface area contributed by atoms with E-state index >= 15 is 0 Å². The average Bonchev–Trinajstić information content (AvgIpc) is 3.19. The van der Waals surface area contributed by atoms with Crippen molar-refractivity contribution in [3.8, 4) is 0 Å². The fourth-order valence-corrected chi connectivity index (χ4v) is 2.44. The van der Waals surface area contributed by atoms with E-state index in [1.165, 1.54) is 19.4 Å². The molecule has 4 atom stereocenters. The summed E-state index contributed by atoms with van der Waals surface area (Å²) in [5, 5.41) is 34.1. The first-order chi connectivity index (χ1) is 14.5. The smallest absolute Gasteiger partial charge is 0.326 e. The normalized spacial score (nSPS) is 14.5. The first-order valence-corrected chi connectivity index (χ1v) is 9.24. The van der Waals surface area contributed by atoms with Crippen molar-refractivity contribution in [2.75, 3.05) is 6.54 Å². The van der Waals surface area contributed by atoms with Gasteiger partial charge in [0.1, 0.15) is 12.1 Å². The molecule has 0 radical (unpaired) electrons. The first kappa shape index (κ1) is 25.5. The minimum atomic E-state index is -1.53. The quantitative estimate of drug-likeness (QED) is 0.151. The van der Waals surface area contributed by atoms with Crippen LogP contribution in [0.25, 0.3) is 0 Å². The number of nitrogens with two attached hydrogens (primary N) is 1. The number of aromatic amines is 1. The van der Waals surface area contributed by atoms with Crippen molar-refractivity contribution in [3.05, 3.63) is 18.2 Å². The number of aliphatic carboxylic acids is 2. The topological polar surface area (TPSA) is 237 Å². The molecule has 0 saturated carbocycles. The van der Waals surface area contributed by atoms with Crippen LogP contribution in [0.15, 0.2) is 12.5 Å². The maximum atomic E-state index is 12.3. The van der Waals surface area contributed by atoms with E-state index in [-0.39, 0.29) is 12.8 Å². The molecule has 0 saturated heterocycles. The van der Waals surface area contributed by atoms with Crippen LogP contribution in [0.4, 0.5) is 0 Å². The third-order valence-corrected chi connectivity index (χ3v) is 4.10. The number of carbonyl (C=O) groups excluding carboxylic acids is 3. The number of nitrogens with zero attached hydrogens (tertiary/aromatic N) is 1. The molecule has 9 N–H and O–H groups in total. The molecule has 0 aliphatic carbocycles. The first-order valence-electron chi connectivity index (χ1n) is 9.24. The number of carbonyl (C=O) groups is 5. The molecule has 172 valence electrons. The molecule has 1 heterocycles. The molecule has 1 aromatic heterocycles. The molecule has 0 aromatic carbocycles. The third kappa shape index (κ3) is 9.22. The summed E-state index contributed by atoms with van der Waals surface area (Å²) in [4.78, 5) is 64.7. The van der Waals surface area contributed by atoms with Crippen molar-refractivity contribution in [2.24, 2.45) is 5.73 Å². The zero-order valence-electron chi connectivity index (χ0n) is 16.7. The number of imidazole rings is 1. The summed E-state index contributed by atoms with van der Waals surface area (Å²) in [6.07, 6.45) is 0.766. The molecule has 0 aliphatic heterocycles. The minimum absolute atomic E-state index is 0.152. The van der Waals surface area contributed by atoms with Crippen LogP contribution in [0.1, 0.15) is 25.5 Å². The highest BCUT2D eigenvalue weighted by molar-refractivity contribution is 5.93. The molecular weight excluding hydrogens is 416 g/mol. The van der Waals surface area contributed by atoms with Crippen molar-refractivity contribution in [1.82, 2.24) is 25.9 Å². The number of aliphatic hydroxyl groups excluding tert-OH is 1. The molecule has 31 heavy (non-hydrogen) atoms. The van der Waals surface area contributed by atoms with Gasteiger partial charge in [-0.15, -0.1) is 0 Å². The van der Waals surface area contributed by atoms with Crippen LogP contribution in [-0.2, 0) is 30.4 Å². The number of hydrogen-bond acceptors (Lipinski definition) is 8. The standard InChI is InChI=1S/C17H26N6O8/c1-8(24)14(16(29)22-11(17(30)31)2-3-13(26)27)23-12(25)6-20-15(28)10(18)4-9-5-19-7-21-9/h5,7-8,10-11,14,24H,2-4,6,18H2,1H3,(H,19,21)(H,20,28)(H,22,29)(H,23,25)(H,26,27)(H,30,31). The lowest BCUT2D eigenvalue weighted by molar-refractivity contribution is -0.144. The average molecular weight is 442 g/mol. The van der Waals surface area contributed by atoms with Gasteiger partial charge in [0.05, 0.1) is 25.0 Å². The van der Waals surface area contributed by atoms with Gasteiger partial charge >= 0.3 is 11.9 Å².